The fraction of sp³-hybridized carbons (Fsp3) is 0.500. The van der Waals surface area contributed by atoms with E-state index in [0.29, 0.717) is 6.61 Å². The van der Waals surface area contributed by atoms with Gasteiger partial charge in [-0.1, -0.05) is 12.1 Å². The van der Waals surface area contributed by atoms with Crippen molar-refractivity contribution in [2.24, 2.45) is 0 Å². The van der Waals surface area contributed by atoms with Gasteiger partial charge in [0.1, 0.15) is 5.82 Å². The number of aliphatic hydroxyl groups excluding tert-OH is 1. The molecule has 0 aromatic heterocycles. The van der Waals surface area contributed by atoms with Crippen LogP contribution in [0, 0.1) is 5.82 Å². The number of rotatable bonds is 3. The molecule has 1 atom stereocenters. The van der Waals surface area contributed by atoms with E-state index in [2.05, 4.69) is 4.90 Å². The highest BCUT2D eigenvalue weighted by Gasteiger charge is 2.19. The van der Waals surface area contributed by atoms with Crippen molar-refractivity contribution in [3.05, 3.63) is 35.6 Å². The molecule has 1 fully saturated rings. The van der Waals surface area contributed by atoms with Gasteiger partial charge in [-0.3, -0.25) is 4.90 Å². The van der Waals surface area contributed by atoms with E-state index < -0.39 is 0 Å². The second kappa shape index (κ2) is 5.39. The minimum atomic E-state index is -0.209. The first kappa shape index (κ1) is 11.5. The van der Waals surface area contributed by atoms with E-state index in [0.717, 1.165) is 25.2 Å². The quantitative estimate of drug-likeness (QED) is 0.833. The van der Waals surface area contributed by atoms with E-state index in [1.54, 1.807) is 12.1 Å². The van der Waals surface area contributed by atoms with Gasteiger partial charge in [-0.15, -0.1) is 0 Å². The molecular weight excluding hydrogens is 209 g/mol. The van der Waals surface area contributed by atoms with Crippen molar-refractivity contribution in [1.29, 1.82) is 0 Å². The third-order valence-corrected chi connectivity index (χ3v) is 2.75. The van der Waals surface area contributed by atoms with Crippen LogP contribution in [0.3, 0.4) is 0 Å². The molecule has 1 aliphatic heterocycles. The van der Waals surface area contributed by atoms with E-state index in [1.807, 2.05) is 0 Å². The Morgan fingerprint density at radius 1 is 1.38 bits per heavy atom. The van der Waals surface area contributed by atoms with E-state index in [1.165, 1.54) is 12.1 Å². The SMILES string of the molecule is OC[C@H]1CN(Cc2ccc(F)cc2)CCO1. The van der Waals surface area contributed by atoms with Gasteiger partial charge in [-0.2, -0.15) is 0 Å². The molecule has 1 saturated heterocycles. The highest BCUT2D eigenvalue weighted by molar-refractivity contribution is 5.15. The average Bonchev–Trinajstić information content (AvgIpc) is 2.32. The molecule has 1 aromatic carbocycles. The lowest BCUT2D eigenvalue weighted by Gasteiger charge is -2.31. The van der Waals surface area contributed by atoms with Gasteiger partial charge in [0.25, 0.3) is 0 Å². The molecule has 0 saturated carbocycles. The van der Waals surface area contributed by atoms with Crippen molar-refractivity contribution in [3.8, 4) is 0 Å². The van der Waals surface area contributed by atoms with E-state index in [4.69, 9.17) is 9.84 Å². The summed E-state index contributed by atoms with van der Waals surface area (Å²) in [4.78, 5) is 2.21. The van der Waals surface area contributed by atoms with Crippen LogP contribution in [0.5, 0.6) is 0 Å². The first-order valence-electron chi connectivity index (χ1n) is 5.47. The Labute approximate surface area is 94.4 Å². The van der Waals surface area contributed by atoms with Crippen LogP contribution in [0.1, 0.15) is 5.56 Å². The van der Waals surface area contributed by atoms with Crippen LogP contribution in [0.15, 0.2) is 24.3 Å². The largest absolute Gasteiger partial charge is 0.394 e. The molecule has 0 radical (unpaired) electrons. The van der Waals surface area contributed by atoms with Crippen LogP contribution < -0.4 is 0 Å². The number of hydrogen-bond acceptors (Lipinski definition) is 3. The first-order chi connectivity index (χ1) is 7.78. The number of halogens is 1. The van der Waals surface area contributed by atoms with Gasteiger partial charge in [0.05, 0.1) is 19.3 Å². The first-order valence-corrected chi connectivity index (χ1v) is 5.47. The molecule has 16 heavy (non-hydrogen) atoms. The smallest absolute Gasteiger partial charge is 0.123 e. The monoisotopic (exact) mass is 225 g/mol. The fourth-order valence-electron chi connectivity index (χ4n) is 1.88. The fourth-order valence-corrected chi connectivity index (χ4v) is 1.88. The summed E-state index contributed by atoms with van der Waals surface area (Å²) in [6, 6.07) is 6.52. The van der Waals surface area contributed by atoms with E-state index >= 15 is 0 Å². The summed E-state index contributed by atoms with van der Waals surface area (Å²) >= 11 is 0. The molecular formula is C12H16FNO2. The average molecular weight is 225 g/mol. The lowest BCUT2D eigenvalue weighted by atomic mass is 10.2. The Morgan fingerprint density at radius 2 is 2.12 bits per heavy atom. The highest BCUT2D eigenvalue weighted by atomic mass is 19.1. The highest BCUT2D eigenvalue weighted by Crippen LogP contribution is 2.10. The molecule has 88 valence electrons. The van der Waals surface area contributed by atoms with Gasteiger partial charge < -0.3 is 9.84 Å². The Kier molecular flexibility index (Phi) is 3.88. The van der Waals surface area contributed by atoms with Gasteiger partial charge in [0.15, 0.2) is 0 Å². The molecule has 1 aromatic rings. The Hall–Kier alpha value is -0.970. The van der Waals surface area contributed by atoms with Gasteiger partial charge in [0, 0.05) is 19.6 Å². The van der Waals surface area contributed by atoms with Crippen molar-refractivity contribution >= 4 is 0 Å². The van der Waals surface area contributed by atoms with Crippen molar-refractivity contribution in [3.63, 3.8) is 0 Å². The van der Waals surface area contributed by atoms with Crippen LogP contribution in [0.4, 0.5) is 4.39 Å². The number of ether oxygens (including phenoxy) is 1. The molecule has 1 aliphatic rings. The number of nitrogens with zero attached hydrogens (tertiary/aromatic N) is 1. The molecule has 0 aliphatic carbocycles. The van der Waals surface area contributed by atoms with E-state index in [-0.39, 0.29) is 18.5 Å². The molecule has 2 rings (SSSR count). The standard InChI is InChI=1S/C12H16FNO2/c13-11-3-1-10(2-4-11)7-14-5-6-16-12(8-14)9-15/h1-4,12,15H,5-9H2/t12-/m1/s1. The zero-order chi connectivity index (χ0) is 11.4. The Morgan fingerprint density at radius 3 is 2.81 bits per heavy atom. The number of hydrogen-bond donors (Lipinski definition) is 1. The number of aliphatic hydroxyl groups is 1. The lowest BCUT2D eigenvalue weighted by Crippen LogP contribution is -2.43. The predicted octanol–water partition coefficient (Wildman–Crippen LogP) is 1.02. The Balaban J connectivity index is 1.91. The lowest BCUT2D eigenvalue weighted by molar-refractivity contribution is -0.0551. The van der Waals surface area contributed by atoms with Gasteiger partial charge in [0.2, 0.25) is 0 Å². The Bertz CT molecular complexity index is 328. The van der Waals surface area contributed by atoms with Crippen molar-refractivity contribution in [1.82, 2.24) is 4.90 Å². The van der Waals surface area contributed by atoms with Crippen LogP contribution in [0.25, 0.3) is 0 Å². The molecule has 0 spiro atoms. The second-order valence-corrected chi connectivity index (χ2v) is 4.04. The molecule has 0 amide bonds. The number of benzene rings is 1. The minimum Gasteiger partial charge on any atom is -0.394 e. The predicted molar refractivity (Wildman–Crippen MR) is 58.5 cm³/mol. The molecule has 4 heteroatoms. The molecule has 0 unspecified atom stereocenters. The normalized spacial score (nSPS) is 22.2. The van der Waals surface area contributed by atoms with Gasteiger partial charge in [-0.05, 0) is 17.7 Å². The summed E-state index contributed by atoms with van der Waals surface area (Å²) in [7, 11) is 0. The third kappa shape index (κ3) is 3.01. The zero-order valence-electron chi connectivity index (χ0n) is 9.10. The zero-order valence-corrected chi connectivity index (χ0v) is 9.10. The second-order valence-electron chi connectivity index (χ2n) is 4.04. The van der Waals surface area contributed by atoms with Gasteiger partial charge in [-0.25, -0.2) is 4.39 Å². The summed E-state index contributed by atoms with van der Waals surface area (Å²) in [6.07, 6.45) is -0.0887. The summed E-state index contributed by atoms with van der Waals surface area (Å²) in [5.41, 5.74) is 1.08. The molecule has 1 heterocycles. The molecule has 3 nitrogen and oxygen atoms in total. The summed E-state index contributed by atoms with van der Waals surface area (Å²) in [5.74, 6) is -0.209. The van der Waals surface area contributed by atoms with Crippen molar-refractivity contribution < 1.29 is 14.2 Å². The van der Waals surface area contributed by atoms with E-state index in [9.17, 15) is 4.39 Å². The minimum absolute atomic E-state index is 0.0555. The van der Waals surface area contributed by atoms with Crippen molar-refractivity contribution in [2.45, 2.75) is 12.6 Å². The maximum absolute atomic E-state index is 12.7. The molecule has 1 N–H and O–H groups in total. The van der Waals surface area contributed by atoms with Crippen LogP contribution in [0.2, 0.25) is 0 Å². The summed E-state index contributed by atoms with van der Waals surface area (Å²) in [5, 5.41) is 9.01. The summed E-state index contributed by atoms with van der Waals surface area (Å²) in [6.45, 7) is 3.06. The number of morpholine rings is 1. The van der Waals surface area contributed by atoms with Crippen LogP contribution in [-0.2, 0) is 11.3 Å². The maximum Gasteiger partial charge on any atom is 0.123 e. The van der Waals surface area contributed by atoms with Crippen molar-refractivity contribution in [2.75, 3.05) is 26.3 Å². The maximum atomic E-state index is 12.7. The molecule has 0 bridgehead atoms. The summed E-state index contributed by atoms with van der Waals surface area (Å²) < 4.78 is 18.1. The van der Waals surface area contributed by atoms with Crippen LogP contribution >= 0.6 is 0 Å². The topological polar surface area (TPSA) is 32.7 Å². The van der Waals surface area contributed by atoms with Gasteiger partial charge >= 0.3 is 0 Å². The third-order valence-electron chi connectivity index (χ3n) is 2.75. The van der Waals surface area contributed by atoms with Crippen LogP contribution in [-0.4, -0.2) is 42.4 Å².